The number of nitrogens with one attached hydrogen (secondary N) is 2. The molecule has 166 valence electrons. The monoisotopic (exact) mass is 434 g/mol. The Balaban J connectivity index is 1.60. The van der Waals surface area contributed by atoms with Crippen molar-refractivity contribution in [1.82, 2.24) is 30.2 Å². The number of ether oxygens (including phenoxy) is 2. The lowest BCUT2D eigenvalue weighted by Crippen LogP contribution is -2.27. The lowest BCUT2D eigenvalue weighted by atomic mass is 10.1. The van der Waals surface area contributed by atoms with Gasteiger partial charge in [-0.25, -0.2) is 5.10 Å². The maximum Gasteiger partial charge on any atom is 0.240 e. The molecule has 3 aromatic heterocycles. The summed E-state index contributed by atoms with van der Waals surface area (Å²) < 4.78 is 13.7. The van der Waals surface area contributed by atoms with Crippen molar-refractivity contribution in [2.24, 2.45) is 0 Å². The van der Waals surface area contributed by atoms with Crippen LogP contribution in [-0.2, 0) is 6.54 Å². The van der Waals surface area contributed by atoms with E-state index in [1.54, 1.807) is 24.7 Å². The number of nitrogens with zero attached hydrogens (tertiary/aromatic N) is 4. The third-order valence-corrected chi connectivity index (χ3v) is 5.45. The number of hydrogen-bond donors (Lipinski definition) is 3. The first-order valence-electron chi connectivity index (χ1n) is 10.6. The molecule has 9 heteroatoms. The summed E-state index contributed by atoms with van der Waals surface area (Å²) in [4.78, 5) is 0. The van der Waals surface area contributed by atoms with Crippen molar-refractivity contribution in [3.05, 3.63) is 41.3 Å². The smallest absolute Gasteiger partial charge is 0.240 e. The Hall–Kier alpha value is -3.59. The SMILES string of the molecule is Cc1c2c(nn1CC(C)(C)O)OCCCOc1[nH]ncc1-c1ccc3n[nH]c(c3c1)/C=C/2. The van der Waals surface area contributed by atoms with Gasteiger partial charge in [-0.1, -0.05) is 6.07 Å². The van der Waals surface area contributed by atoms with Gasteiger partial charge in [0.25, 0.3) is 0 Å². The van der Waals surface area contributed by atoms with E-state index in [0.29, 0.717) is 37.9 Å². The Morgan fingerprint density at radius 3 is 2.84 bits per heavy atom. The van der Waals surface area contributed by atoms with Gasteiger partial charge in [-0.15, -0.1) is 5.10 Å². The number of H-pyrrole nitrogens is 2. The van der Waals surface area contributed by atoms with E-state index in [9.17, 15) is 5.11 Å². The number of benzene rings is 1. The molecular formula is C23H26N6O3. The molecule has 9 nitrogen and oxygen atoms in total. The maximum absolute atomic E-state index is 10.3. The van der Waals surface area contributed by atoms with Crippen molar-refractivity contribution in [2.45, 2.75) is 39.3 Å². The minimum Gasteiger partial charge on any atom is -0.477 e. The van der Waals surface area contributed by atoms with Crippen LogP contribution in [0.5, 0.6) is 11.8 Å². The first-order valence-corrected chi connectivity index (χ1v) is 10.6. The van der Waals surface area contributed by atoms with Crippen molar-refractivity contribution in [1.29, 1.82) is 0 Å². The molecule has 4 heterocycles. The van der Waals surface area contributed by atoms with E-state index in [-0.39, 0.29) is 0 Å². The normalized spacial score (nSPS) is 15.4. The summed E-state index contributed by atoms with van der Waals surface area (Å²) in [7, 11) is 0. The summed E-state index contributed by atoms with van der Waals surface area (Å²) in [5.74, 6) is 1.16. The average Bonchev–Trinajstić information content (AvgIpc) is 3.43. The van der Waals surface area contributed by atoms with E-state index >= 15 is 0 Å². The molecule has 1 aliphatic rings. The highest BCUT2D eigenvalue weighted by atomic mass is 16.5. The van der Waals surface area contributed by atoms with E-state index in [2.05, 4.69) is 31.6 Å². The fourth-order valence-electron chi connectivity index (χ4n) is 3.83. The highest BCUT2D eigenvalue weighted by Crippen LogP contribution is 2.32. The van der Waals surface area contributed by atoms with E-state index in [1.165, 1.54) is 0 Å². The molecule has 0 atom stereocenters. The summed E-state index contributed by atoms with van der Waals surface area (Å²) in [6.07, 6.45) is 6.42. The fraction of sp³-hybridized carbons (Fsp3) is 0.348. The van der Waals surface area contributed by atoms with Gasteiger partial charge in [0.05, 0.1) is 53.9 Å². The number of fused-ring (bicyclic) bond motifs is 4. The first-order chi connectivity index (χ1) is 15.4. The standard InChI is InChI=1S/C23H26N6O3/c1-14-16-6-8-20-17-11-15(5-7-19(17)25-26-20)18-12-24-27-21(18)31-9-4-10-32-22(16)28-29(14)13-23(2,3)30/h5-8,11-12,30H,4,9-10,13H2,1-3H3,(H,24,27)(H,25,26)/b8-6+. The predicted molar refractivity (Wildman–Crippen MR) is 121 cm³/mol. The molecular weight excluding hydrogens is 408 g/mol. The van der Waals surface area contributed by atoms with Crippen molar-refractivity contribution < 1.29 is 14.6 Å². The van der Waals surface area contributed by atoms with Gasteiger partial charge in [-0.2, -0.15) is 10.2 Å². The van der Waals surface area contributed by atoms with Crippen LogP contribution in [0, 0.1) is 6.92 Å². The third kappa shape index (κ3) is 3.87. The van der Waals surface area contributed by atoms with Crippen LogP contribution in [-0.4, -0.2) is 54.1 Å². The molecule has 3 N–H and O–H groups in total. The molecule has 5 rings (SSSR count). The zero-order chi connectivity index (χ0) is 22.3. The lowest BCUT2D eigenvalue weighted by molar-refractivity contribution is 0.0566. The summed E-state index contributed by atoms with van der Waals surface area (Å²) in [6, 6.07) is 6.07. The fourth-order valence-corrected chi connectivity index (χ4v) is 3.83. The Bertz CT molecular complexity index is 1290. The Morgan fingerprint density at radius 1 is 1.16 bits per heavy atom. The number of aromatic amines is 2. The quantitative estimate of drug-likeness (QED) is 0.445. The van der Waals surface area contributed by atoms with Gasteiger partial charge < -0.3 is 14.6 Å². The van der Waals surface area contributed by atoms with E-state index in [1.807, 2.05) is 31.2 Å². The van der Waals surface area contributed by atoms with Gasteiger partial charge in [0, 0.05) is 17.5 Å². The van der Waals surface area contributed by atoms with Crippen LogP contribution in [0.3, 0.4) is 0 Å². The zero-order valence-corrected chi connectivity index (χ0v) is 18.3. The van der Waals surface area contributed by atoms with Gasteiger partial charge in [-0.3, -0.25) is 9.78 Å². The second-order valence-corrected chi connectivity index (χ2v) is 8.64. The highest BCUT2D eigenvalue weighted by molar-refractivity contribution is 5.93. The Kier molecular flexibility index (Phi) is 4.97. The van der Waals surface area contributed by atoms with E-state index < -0.39 is 5.60 Å². The maximum atomic E-state index is 10.3. The molecule has 4 aromatic rings. The predicted octanol–water partition coefficient (Wildman–Crippen LogP) is 3.56. The van der Waals surface area contributed by atoms with Crippen molar-refractivity contribution in [3.8, 4) is 22.9 Å². The summed E-state index contributed by atoms with van der Waals surface area (Å²) in [5, 5.41) is 30.5. The van der Waals surface area contributed by atoms with E-state index in [4.69, 9.17) is 9.47 Å². The molecule has 0 spiro atoms. The molecule has 1 aliphatic heterocycles. The Labute approximate surface area is 185 Å². The number of hydrogen-bond acceptors (Lipinski definition) is 6. The molecule has 0 radical (unpaired) electrons. The molecule has 0 unspecified atom stereocenters. The van der Waals surface area contributed by atoms with E-state index in [0.717, 1.165) is 39.0 Å². The third-order valence-electron chi connectivity index (χ3n) is 5.45. The number of aliphatic hydroxyl groups is 1. The van der Waals surface area contributed by atoms with Crippen molar-refractivity contribution in [3.63, 3.8) is 0 Å². The molecule has 0 fully saturated rings. The van der Waals surface area contributed by atoms with Gasteiger partial charge in [0.15, 0.2) is 0 Å². The average molecular weight is 435 g/mol. The largest absolute Gasteiger partial charge is 0.477 e. The molecule has 2 bridgehead atoms. The Morgan fingerprint density at radius 2 is 2.00 bits per heavy atom. The topological polar surface area (TPSA) is 114 Å². The second-order valence-electron chi connectivity index (χ2n) is 8.64. The van der Waals surface area contributed by atoms with Crippen LogP contribution in [0.2, 0.25) is 0 Å². The van der Waals surface area contributed by atoms with Crippen molar-refractivity contribution in [2.75, 3.05) is 13.2 Å². The second kappa shape index (κ2) is 7.83. The number of rotatable bonds is 2. The number of aromatic nitrogens is 6. The molecule has 32 heavy (non-hydrogen) atoms. The van der Waals surface area contributed by atoms with Crippen molar-refractivity contribution >= 4 is 23.1 Å². The zero-order valence-electron chi connectivity index (χ0n) is 18.3. The molecule has 0 amide bonds. The van der Waals surface area contributed by atoms with Crippen LogP contribution < -0.4 is 9.47 Å². The highest BCUT2D eigenvalue weighted by Gasteiger charge is 2.20. The van der Waals surface area contributed by atoms with Gasteiger partial charge in [-0.05, 0) is 50.6 Å². The minimum absolute atomic E-state index is 0.366. The van der Waals surface area contributed by atoms with Gasteiger partial charge >= 0.3 is 0 Å². The van der Waals surface area contributed by atoms with Gasteiger partial charge in [0.1, 0.15) is 0 Å². The first kappa shape index (κ1) is 20.3. The molecule has 0 saturated heterocycles. The van der Waals surface area contributed by atoms with Crippen LogP contribution in [0.4, 0.5) is 0 Å². The summed E-state index contributed by atoms with van der Waals surface area (Å²) >= 11 is 0. The summed E-state index contributed by atoms with van der Waals surface area (Å²) in [6.45, 7) is 6.79. The van der Waals surface area contributed by atoms with Crippen LogP contribution in [0.15, 0.2) is 24.4 Å². The lowest BCUT2D eigenvalue weighted by Gasteiger charge is -2.17. The molecule has 1 aromatic carbocycles. The summed E-state index contributed by atoms with van der Waals surface area (Å²) in [5.41, 5.74) is 4.55. The molecule has 0 saturated carbocycles. The van der Waals surface area contributed by atoms with Crippen LogP contribution in [0.25, 0.3) is 34.2 Å². The van der Waals surface area contributed by atoms with Crippen LogP contribution >= 0.6 is 0 Å². The minimum atomic E-state index is -0.891. The van der Waals surface area contributed by atoms with Crippen LogP contribution in [0.1, 0.15) is 37.2 Å². The molecule has 0 aliphatic carbocycles. The van der Waals surface area contributed by atoms with Gasteiger partial charge in [0.2, 0.25) is 11.8 Å².